The quantitative estimate of drug-likeness (QED) is 0.750. The first kappa shape index (κ1) is 18.6. The van der Waals surface area contributed by atoms with Crippen LogP contribution in [0, 0.1) is 0 Å². The minimum absolute atomic E-state index is 0.137. The number of aromatic hydroxyl groups is 1. The summed E-state index contributed by atoms with van der Waals surface area (Å²) >= 11 is 5.91. The molecular weight excluding hydrogens is 366 g/mol. The zero-order valence-corrected chi connectivity index (χ0v) is 15.8. The zero-order chi connectivity index (χ0) is 19.0. The fourth-order valence-corrected chi connectivity index (χ4v) is 4.24. The van der Waals surface area contributed by atoms with E-state index in [1.54, 1.807) is 30.3 Å². The first-order valence-electron chi connectivity index (χ1n) is 9.30. The Hall–Kier alpha value is -1.79. The Morgan fingerprint density at radius 1 is 1.15 bits per heavy atom. The van der Waals surface area contributed by atoms with E-state index < -0.39 is 12.2 Å². The van der Waals surface area contributed by atoms with Crippen molar-refractivity contribution >= 4 is 11.6 Å². The number of fused-ring (bicyclic) bond motifs is 1. The number of hydrogen-bond donors (Lipinski definition) is 3. The summed E-state index contributed by atoms with van der Waals surface area (Å²) in [7, 11) is 0. The molecular formula is C21H24ClNO4. The molecule has 144 valence electrons. The Morgan fingerprint density at radius 2 is 1.85 bits per heavy atom. The minimum atomic E-state index is -0.632. The fourth-order valence-electron chi connectivity index (χ4n) is 4.11. The van der Waals surface area contributed by atoms with Gasteiger partial charge in [-0.25, -0.2) is 0 Å². The molecule has 3 N–H and O–H groups in total. The zero-order valence-electron chi connectivity index (χ0n) is 15.0. The van der Waals surface area contributed by atoms with Gasteiger partial charge in [0.1, 0.15) is 17.1 Å². The molecule has 2 aliphatic heterocycles. The molecule has 2 aromatic carbocycles. The topological polar surface area (TPSA) is 73.2 Å². The standard InChI is InChI=1S/C21H24ClNO4/c22-15-3-1-14(2-4-15)19(26)13-23-9-7-21(8-10-23)12-18(25)17-11-16(24)5-6-20(17)27-21/h1-6,11,18-19,24-26H,7-10,12-13H2/t18-,19-/m1/s1. The lowest BCUT2D eigenvalue weighted by Crippen LogP contribution is -2.51. The second kappa shape index (κ2) is 7.32. The number of β-amino-alcohol motifs (C(OH)–C–C–N with tert-alkyl or cyclic N) is 1. The number of piperidine rings is 1. The molecule has 0 radical (unpaired) electrons. The van der Waals surface area contributed by atoms with Crippen molar-refractivity contribution in [3.63, 3.8) is 0 Å². The highest BCUT2D eigenvalue weighted by molar-refractivity contribution is 6.30. The molecule has 6 heteroatoms. The third kappa shape index (κ3) is 3.92. The Balaban J connectivity index is 1.39. The van der Waals surface area contributed by atoms with E-state index in [1.165, 1.54) is 0 Å². The Bertz CT molecular complexity index is 802. The van der Waals surface area contributed by atoms with Crippen LogP contribution in [0.1, 0.15) is 42.6 Å². The maximum absolute atomic E-state index is 10.5. The van der Waals surface area contributed by atoms with Crippen molar-refractivity contribution in [1.29, 1.82) is 0 Å². The van der Waals surface area contributed by atoms with E-state index in [-0.39, 0.29) is 11.4 Å². The molecule has 2 aliphatic rings. The Morgan fingerprint density at radius 3 is 2.56 bits per heavy atom. The summed E-state index contributed by atoms with van der Waals surface area (Å²) in [4.78, 5) is 2.23. The van der Waals surface area contributed by atoms with E-state index in [9.17, 15) is 15.3 Å². The number of halogens is 1. The van der Waals surface area contributed by atoms with Gasteiger partial charge in [0.2, 0.25) is 0 Å². The first-order valence-corrected chi connectivity index (χ1v) is 9.68. The molecule has 2 heterocycles. The van der Waals surface area contributed by atoms with Gasteiger partial charge in [-0.1, -0.05) is 23.7 Å². The second-order valence-electron chi connectivity index (χ2n) is 7.60. The van der Waals surface area contributed by atoms with Gasteiger partial charge >= 0.3 is 0 Å². The minimum Gasteiger partial charge on any atom is -0.508 e. The number of benzene rings is 2. The van der Waals surface area contributed by atoms with Gasteiger partial charge in [-0.2, -0.15) is 0 Å². The van der Waals surface area contributed by atoms with Crippen LogP contribution in [0.15, 0.2) is 42.5 Å². The van der Waals surface area contributed by atoms with Gasteiger partial charge in [0, 0.05) is 36.6 Å². The predicted octanol–water partition coefficient (Wildman–Crippen LogP) is 3.43. The van der Waals surface area contributed by atoms with E-state index in [1.807, 2.05) is 12.1 Å². The molecule has 27 heavy (non-hydrogen) atoms. The van der Waals surface area contributed by atoms with Gasteiger partial charge in [0.05, 0.1) is 12.2 Å². The molecule has 0 saturated carbocycles. The number of likely N-dealkylation sites (tertiary alicyclic amines) is 1. The van der Waals surface area contributed by atoms with Crippen molar-refractivity contribution in [1.82, 2.24) is 4.90 Å². The van der Waals surface area contributed by atoms with E-state index >= 15 is 0 Å². The van der Waals surface area contributed by atoms with Gasteiger partial charge < -0.3 is 25.0 Å². The highest BCUT2D eigenvalue weighted by atomic mass is 35.5. The van der Waals surface area contributed by atoms with Crippen LogP contribution in [0.3, 0.4) is 0 Å². The van der Waals surface area contributed by atoms with Crippen LogP contribution in [-0.4, -0.2) is 45.5 Å². The molecule has 1 saturated heterocycles. The summed E-state index contributed by atoms with van der Waals surface area (Å²) in [6.45, 7) is 2.15. The first-order chi connectivity index (χ1) is 12.9. The number of phenolic OH excluding ortho intramolecular Hbond substituents is 1. The van der Waals surface area contributed by atoms with Crippen molar-refractivity contribution in [2.24, 2.45) is 0 Å². The maximum atomic E-state index is 10.5. The van der Waals surface area contributed by atoms with Gasteiger partial charge in [0.15, 0.2) is 0 Å². The predicted molar refractivity (Wildman–Crippen MR) is 103 cm³/mol. The molecule has 1 fully saturated rings. The van der Waals surface area contributed by atoms with E-state index in [2.05, 4.69) is 4.90 Å². The smallest absolute Gasteiger partial charge is 0.126 e. The van der Waals surface area contributed by atoms with E-state index in [0.29, 0.717) is 29.3 Å². The van der Waals surface area contributed by atoms with Crippen molar-refractivity contribution in [3.05, 3.63) is 58.6 Å². The number of rotatable bonds is 3. The van der Waals surface area contributed by atoms with E-state index in [4.69, 9.17) is 16.3 Å². The van der Waals surface area contributed by atoms with Crippen LogP contribution < -0.4 is 4.74 Å². The van der Waals surface area contributed by atoms with Crippen LogP contribution in [0.2, 0.25) is 5.02 Å². The third-order valence-electron chi connectivity index (χ3n) is 5.70. The summed E-state index contributed by atoms with van der Waals surface area (Å²) in [5.41, 5.74) is 1.13. The number of phenols is 1. The van der Waals surface area contributed by atoms with Crippen molar-refractivity contribution < 1.29 is 20.1 Å². The Kier molecular flexibility index (Phi) is 5.03. The number of aliphatic hydroxyl groups excluding tert-OH is 2. The molecule has 2 atom stereocenters. The van der Waals surface area contributed by atoms with Crippen LogP contribution in [0.5, 0.6) is 11.5 Å². The molecule has 0 amide bonds. The molecule has 1 spiro atoms. The summed E-state index contributed by atoms with van der Waals surface area (Å²) in [6.07, 6.45) is 0.914. The Labute approximate surface area is 163 Å². The lowest BCUT2D eigenvalue weighted by Gasteiger charge is -2.46. The summed E-state index contributed by atoms with van der Waals surface area (Å²) in [6, 6.07) is 12.2. The van der Waals surface area contributed by atoms with Crippen LogP contribution in [0.4, 0.5) is 0 Å². The van der Waals surface area contributed by atoms with Gasteiger partial charge in [-0.3, -0.25) is 0 Å². The number of aliphatic hydroxyl groups is 2. The lowest BCUT2D eigenvalue weighted by atomic mass is 9.81. The van der Waals surface area contributed by atoms with Crippen LogP contribution in [0.25, 0.3) is 0 Å². The molecule has 4 rings (SSSR count). The second-order valence-corrected chi connectivity index (χ2v) is 8.03. The molecule has 0 unspecified atom stereocenters. The molecule has 0 aromatic heterocycles. The number of nitrogens with zero attached hydrogens (tertiary/aromatic N) is 1. The largest absolute Gasteiger partial charge is 0.508 e. The molecule has 0 bridgehead atoms. The summed E-state index contributed by atoms with van der Waals surface area (Å²) < 4.78 is 6.26. The van der Waals surface area contributed by atoms with Crippen molar-refractivity contribution in [2.45, 2.75) is 37.1 Å². The van der Waals surface area contributed by atoms with Crippen LogP contribution in [-0.2, 0) is 0 Å². The number of hydrogen-bond acceptors (Lipinski definition) is 5. The highest BCUT2D eigenvalue weighted by Crippen LogP contribution is 2.45. The van der Waals surface area contributed by atoms with Gasteiger partial charge in [-0.15, -0.1) is 0 Å². The van der Waals surface area contributed by atoms with Gasteiger partial charge in [-0.05, 0) is 48.7 Å². The monoisotopic (exact) mass is 389 g/mol. The third-order valence-corrected chi connectivity index (χ3v) is 5.95. The lowest BCUT2D eigenvalue weighted by molar-refractivity contribution is -0.0588. The maximum Gasteiger partial charge on any atom is 0.126 e. The fraction of sp³-hybridized carbons (Fsp3) is 0.429. The summed E-state index contributed by atoms with van der Waals surface area (Å²) in [5, 5.41) is 31.3. The molecule has 5 nitrogen and oxygen atoms in total. The molecule has 2 aromatic rings. The van der Waals surface area contributed by atoms with Crippen molar-refractivity contribution in [2.75, 3.05) is 19.6 Å². The normalized spacial score (nSPS) is 22.9. The highest BCUT2D eigenvalue weighted by Gasteiger charge is 2.43. The van der Waals surface area contributed by atoms with Crippen molar-refractivity contribution in [3.8, 4) is 11.5 Å². The number of ether oxygens (including phenoxy) is 1. The van der Waals surface area contributed by atoms with E-state index in [0.717, 1.165) is 31.5 Å². The van der Waals surface area contributed by atoms with Gasteiger partial charge in [0.25, 0.3) is 0 Å². The molecule has 0 aliphatic carbocycles. The summed E-state index contributed by atoms with van der Waals surface area (Å²) in [5.74, 6) is 0.791. The SMILES string of the molecule is Oc1ccc2c(c1)[C@H](O)CC1(CCN(C[C@@H](O)c3ccc(Cl)cc3)CC1)O2. The average Bonchev–Trinajstić information content (AvgIpc) is 2.65. The average molecular weight is 390 g/mol. The van der Waals surface area contributed by atoms with Crippen LogP contribution >= 0.6 is 11.6 Å².